The van der Waals surface area contributed by atoms with Crippen LogP contribution in [0.3, 0.4) is 0 Å². The third kappa shape index (κ3) is 11.5. The largest absolute Gasteiger partial charge is 0.394 e. The second kappa shape index (κ2) is 17.4. The van der Waals surface area contributed by atoms with E-state index in [1.54, 1.807) is 0 Å². The quantitative estimate of drug-likeness (QED) is 0.238. The molecule has 0 bridgehead atoms. The highest BCUT2D eigenvalue weighted by Gasteiger charge is 2.40. The zero-order chi connectivity index (χ0) is 20.5. The number of hydrogen-bond donors (Lipinski definition) is 3. The highest BCUT2D eigenvalue weighted by molar-refractivity contribution is 4.89. The van der Waals surface area contributed by atoms with E-state index in [9.17, 15) is 15.3 Å². The van der Waals surface area contributed by atoms with Gasteiger partial charge in [-0.25, -0.2) is 0 Å². The van der Waals surface area contributed by atoms with Crippen LogP contribution in [0.4, 0.5) is 0 Å². The Morgan fingerprint density at radius 3 is 1.96 bits per heavy atom. The maximum Gasteiger partial charge on any atom is 0.114 e. The lowest BCUT2D eigenvalue weighted by molar-refractivity contribution is -0.0942. The first-order valence-electron chi connectivity index (χ1n) is 11.6. The minimum atomic E-state index is -0.998. The lowest BCUT2D eigenvalue weighted by atomic mass is 10.0. The second-order valence-corrected chi connectivity index (χ2v) is 8.06. The van der Waals surface area contributed by atoms with E-state index in [1.165, 1.54) is 77.0 Å². The average molecular weight is 401 g/mol. The smallest absolute Gasteiger partial charge is 0.114 e. The Hall–Kier alpha value is -0.460. The fraction of sp³-hybridized carbons (Fsp3) is 0.913. The normalized spacial score (nSPS) is 23.6. The molecule has 3 N–H and O–H groups in total. The van der Waals surface area contributed by atoms with Crippen LogP contribution in [0.5, 0.6) is 0 Å². The molecule has 1 aliphatic heterocycles. The molecule has 1 rings (SSSR count). The lowest BCUT2D eigenvalue weighted by Gasteiger charge is -2.23. The van der Waals surface area contributed by atoms with Gasteiger partial charge >= 0.3 is 0 Å². The minimum Gasteiger partial charge on any atom is -0.394 e. The van der Waals surface area contributed by atoms with E-state index in [-0.39, 0.29) is 13.2 Å². The predicted octanol–water partition coefficient (Wildman–Crippen LogP) is 4.13. The van der Waals surface area contributed by atoms with Crippen LogP contribution in [0.25, 0.3) is 0 Å². The summed E-state index contributed by atoms with van der Waals surface area (Å²) in [5.41, 5.74) is 0. The molecule has 0 saturated carbocycles. The van der Waals surface area contributed by atoms with E-state index in [2.05, 4.69) is 13.0 Å². The summed E-state index contributed by atoms with van der Waals surface area (Å²) in [6, 6.07) is 0. The van der Waals surface area contributed by atoms with Crippen molar-refractivity contribution in [3.05, 3.63) is 12.2 Å². The summed E-state index contributed by atoms with van der Waals surface area (Å²) in [5.74, 6) is 0. The molecule has 28 heavy (non-hydrogen) atoms. The summed E-state index contributed by atoms with van der Waals surface area (Å²) in [6.07, 6.45) is 18.3. The van der Waals surface area contributed by atoms with Gasteiger partial charge in [0.05, 0.1) is 19.8 Å². The van der Waals surface area contributed by atoms with Gasteiger partial charge in [-0.1, -0.05) is 89.7 Å². The Kier molecular flexibility index (Phi) is 15.9. The highest BCUT2D eigenvalue weighted by Crippen LogP contribution is 2.19. The molecule has 0 aromatic heterocycles. The Morgan fingerprint density at radius 2 is 1.46 bits per heavy atom. The van der Waals surface area contributed by atoms with Crippen molar-refractivity contribution in [1.82, 2.24) is 0 Å². The monoisotopic (exact) mass is 400 g/mol. The molecule has 0 aromatic rings. The predicted molar refractivity (Wildman–Crippen MR) is 113 cm³/mol. The molecule has 0 amide bonds. The maximum atomic E-state index is 9.81. The van der Waals surface area contributed by atoms with E-state index in [1.807, 2.05) is 6.08 Å². The zero-order valence-corrected chi connectivity index (χ0v) is 17.9. The van der Waals surface area contributed by atoms with E-state index >= 15 is 0 Å². The van der Waals surface area contributed by atoms with Crippen molar-refractivity contribution in [2.45, 2.75) is 115 Å². The molecule has 4 atom stereocenters. The Labute approximate surface area is 172 Å². The maximum absolute atomic E-state index is 9.81. The van der Waals surface area contributed by atoms with Crippen molar-refractivity contribution in [3.8, 4) is 0 Å². The van der Waals surface area contributed by atoms with Crippen molar-refractivity contribution in [3.63, 3.8) is 0 Å². The van der Waals surface area contributed by atoms with E-state index < -0.39 is 24.4 Å². The molecular weight excluding hydrogens is 356 g/mol. The van der Waals surface area contributed by atoms with Crippen LogP contribution in [0, 0.1) is 0 Å². The first kappa shape index (κ1) is 25.6. The average Bonchev–Trinajstić information content (AvgIpc) is 3.03. The number of ether oxygens (including phenoxy) is 2. The second-order valence-electron chi connectivity index (χ2n) is 8.06. The van der Waals surface area contributed by atoms with Gasteiger partial charge in [-0.05, 0) is 12.8 Å². The van der Waals surface area contributed by atoms with E-state index in [0.29, 0.717) is 6.61 Å². The first-order chi connectivity index (χ1) is 13.7. The number of aliphatic hydroxyl groups is 3. The summed E-state index contributed by atoms with van der Waals surface area (Å²) in [7, 11) is 0. The molecular formula is C23H44O5. The fourth-order valence-corrected chi connectivity index (χ4v) is 3.67. The number of hydrogen-bond acceptors (Lipinski definition) is 5. The molecule has 1 fully saturated rings. The van der Waals surface area contributed by atoms with Gasteiger partial charge in [0.25, 0.3) is 0 Å². The summed E-state index contributed by atoms with van der Waals surface area (Å²) in [5, 5.41) is 28.7. The van der Waals surface area contributed by atoms with Gasteiger partial charge in [0.1, 0.15) is 24.4 Å². The van der Waals surface area contributed by atoms with Crippen molar-refractivity contribution >= 4 is 0 Å². The molecule has 5 heteroatoms. The SMILES string of the molecule is CCCCCCCCCCCCCC/C=C/CO[C@@H](CO)[C@H]1OC[C@@H](O)[C@H]1O. The first-order valence-corrected chi connectivity index (χ1v) is 11.6. The van der Waals surface area contributed by atoms with Crippen molar-refractivity contribution in [1.29, 1.82) is 0 Å². The molecule has 0 aliphatic carbocycles. The van der Waals surface area contributed by atoms with Crippen LogP contribution in [0.1, 0.15) is 90.4 Å². The summed E-state index contributed by atoms with van der Waals surface area (Å²) < 4.78 is 10.9. The molecule has 0 radical (unpaired) electrons. The Balaban J connectivity index is 1.89. The lowest BCUT2D eigenvalue weighted by Crippen LogP contribution is -2.42. The number of aliphatic hydroxyl groups excluding tert-OH is 3. The molecule has 0 spiro atoms. The molecule has 0 unspecified atom stereocenters. The summed E-state index contributed by atoms with van der Waals surface area (Å²) in [6.45, 7) is 2.50. The van der Waals surface area contributed by atoms with Crippen LogP contribution in [0.15, 0.2) is 12.2 Å². The van der Waals surface area contributed by atoms with Crippen LogP contribution in [0.2, 0.25) is 0 Å². The Morgan fingerprint density at radius 1 is 0.893 bits per heavy atom. The van der Waals surface area contributed by atoms with Gasteiger partial charge in [0.2, 0.25) is 0 Å². The van der Waals surface area contributed by atoms with E-state index in [0.717, 1.165) is 6.42 Å². The summed E-state index contributed by atoms with van der Waals surface area (Å²) in [4.78, 5) is 0. The van der Waals surface area contributed by atoms with Crippen LogP contribution in [-0.2, 0) is 9.47 Å². The van der Waals surface area contributed by atoms with Crippen molar-refractivity contribution < 1.29 is 24.8 Å². The zero-order valence-electron chi connectivity index (χ0n) is 17.9. The van der Waals surface area contributed by atoms with E-state index in [4.69, 9.17) is 9.47 Å². The molecule has 0 aromatic carbocycles. The standard InChI is InChI=1S/C23H44O5/c1-2-3-4-5-6-7-8-9-10-11-12-13-14-15-16-17-27-21(18-24)23-22(26)20(25)19-28-23/h15-16,20-26H,2-14,17-19H2,1H3/b16-15+/t20-,21+,22-,23-/m1/s1. The van der Waals surface area contributed by atoms with Gasteiger partial charge in [0, 0.05) is 0 Å². The number of allylic oxidation sites excluding steroid dienone is 1. The molecule has 1 heterocycles. The number of unbranched alkanes of at least 4 members (excludes halogenated alkanes) is 12. The Bertz CT molecular complexity index is 374. The van der Waals surface area contributed by atoms with Gasteiger partial charge in [0.15, 0.2) is 0 Å². The van der Waals surface area contributed by atoms with Crippen LogP contribution in [-0.4, -0.2) is 59.6 Å². The van der Waals surface area contributed by atoms with Crippen LogP contribution >= 0.6 is 0 Å². The third-order valence-electron chi connectivity index (χ3n) is 5.53. The molecule has 1 aliphatic rings. The topological polar surface area (TPSA) is 79.2 Å². The van der Waals surface area contributed by atoms with Gasteiger partial charge in [-0.2, -0.15) is 0 Å². The van der Waals surface area contributed by atoms with Gasteiger partial charge in [-0.15, -0.1) is 0 Å². The van der Waals surface area contributed by atoms with Gasteiger partial charge < -0.3 is 24.8 Å². The summed E-state index contributed by atoms with van der Waals surface area (Å²) >= 11 is 0. The van der Waals surface area contributed by atoms with Crippen molar-refractivity contribution in [2.75, 3.05) is 19.8 Å². The molecule has 166 valence electrons. The fourth-order valence-electron chi connectivity index (χ4n) is 3.67. The third-order valence-corrected chi connectivity index (χ3v) is 5.53. The molecule has 1 saturated heterocycles. The van der Waals surface area contributed by atoms with Crippen LogP contribution < -0.4 is 0 Å². The minimum absolute atomic E-state index is 0.0838. The highest BCUT2D eigenvalue weighted by atomic mass is 16.6. The van der Waals surface area contributed by atoms with Gasteiger partial charge in [-0.3, -0.25) is 0 Å². The van der Waals surface area contributed by atoms with Crippen molar-refractivity contribution in [2.24, 2.45) is 0 Å². The number of rotatable bonds is 18. The molecule has 5 nitrogen and oxygen atoms in total.